The van der Waals surface area contributed by atoms with Gasteiger partial charge in [-0.3, -0.25) is 5.32 Å². The quantitative estimate of drug-likeness (QED) is 0.593. The van der Waals surface area contributed by atoms with Gasteiger partial charge in [-0.2, -0.15) is 4.68 Å². The lowest BCUT2D eigenvalue weighted by molar-refractivity contribution is 0.0534. The molecular weight excluding hydrogens is 388 g/mol. The third kappa shape index (κ3) is 4.52. The van der Waals surface area contributed by atoms with Crippen LogP contribution in [-0.2, 0) is 4.74 Å². The fourth-order valence-electron chi connectivity index (χ4n) is 3.09. The van der Waals surface area contributed by atoms with Crippen molar-refractivity contribution in [3.8, 4) is 11.4 Å². The van der Waals surface area contributed by atoms with E-state index in [-0.39, 0.29) is 12.3 Å². The van der Waals surface area contributed by atoms with Crippen LogP contribution in [0.2, 0.25) is 0 Å². The fraction of sp³-hybridized carbons (Fsp3) is 0.350. The zero-order valence-corrected chi connectivity index (χ0v) is 17.5. The van der Waals surface area contributed by atoms with E-state index >= 15 is 0 Å². The van der Waals surface area contributed by atoms with E-state index in [0.717, 1.165) is 34.5 Å². The highest BCUT2D eigenvalue weighted by atomic mass is 32.2. The second-order valence-electron chi connectivity index (χ2n) is 6.91. The maximum atomic E-state index is 6.18. The van der Waals surface area contributed by atoms with Gasteiger partial charge in [0.2, 0.25) is 5.16 Å². The van der Waals surface area contributed by atoms with E-state index in [2.05, 4.69) is 50.0 Å². The molecule has 1 aliphatic rings. The zero-order chi connectivity index (χ0) is 20.2. The molecule has 4 rings (SSSR count). The molecule has 29 heavy (non-hydrogen) atoms. The van der Waals surface area contributed by atoms with E-state index in [1.165, 1.54) is 5.69 Å². The molecule has 0 spiro atoms. The van der Waals surface area contributed by atoms with Gasteiger partial charge in [-0.25, -0.2) is 0 Å². The van der Waals surface area contributed by atoms with Gasteiger partial charge in [-0.1, -0.05) is 23.9 Å². The number of nitrogens with one attached hydrogen (secondary N) is 1. The Balaban J connectivity index is 1.35. The van der Waals surface area contributed by atoms with Crippen LogP contribution in [0.15, 0.2) is 53.7 Å². The van der Waals surface area contributed by atoms with Gasteiger partial charge < -0.3 is 14.4 Å². The Morgan fingerprint density at radius 2 is 1.93 bits per heavy atom. The minimum atomic E-state index is -0.0885. The zero-order valence-electron chi connectivity index (χ0n) is 16.6. The molecule has 0 saturated carbocycles. The summed E-state index contributed by atoms with van der Waals surface area (Å²) < 4.78 is 13.1. The van der Waals surface area contributed by atoms with E-state index < -0.39 is 0 Å². The molecule has 1 fully saturated rings. The molecule has 2 atom stereocenters. The van der Waals surface area contributed by atoms with Crippen molar-refractivity contribution in [3.63, 3.8) is 0 Å². The lowest BCUT2D eigenvalue weighted by Gasteiger charge is -2.16. The minimum Gasteiger partial charge on any atom is -0.497 e. The molecule has 152 valence electrons. The van der Waals surface area contributed by atoms with Gasteiger partial charge in [0, 0.05) is 32.1 Å². The number of tetrazole rings is 1. The van der Waals surface area contributed by atoms with Crippen molar-refractivity contribution < 1.29 is 9.47 Å². The molecule has 1 N–H and O–H groups in total. The molecular formula is C20H24N6O2S. The molecule has 0 radical (unpaired) electrons. The van der Waals surface area contributed by atoms with E-state index in [9.17, 15) is 0 Å². The van der Waals surface area contributed by atoms with Gasteiger partial charge in [-0.15, -0.1) is 5.10 Å². The average Bonchev–Trinajstić information content (AvgIpc) is 3.42. The van der Waals surface area contributed by atoms with E-state index in [1.807, 2.05) is 38.4 Å². The molecule has 0 aliphatic carbocycles. The minimum absolute atomic E-state index is 0.0829. The SMILES string of the molecule is COc1ccc(-n2nnnc2SC[C@H]2CN[C@H](c3ccc(N(C)C)cc3)O2)cc1. The fourth-order valence-corrected chi connectivity index (χ4v) is 3.98. The molecule has 2 heterocycles. The lowest BCUT2D eigenvalue weighted by atomic mass is 10.2. The number of hydrogen-bond donors (Lipinski definition) is 1. The summed E-state index contributed by atoms with van der Waals surface area (Å²) in [6, 6.07) is 16.1. The number of nitrogens with zero attached hydrogens (tertiary/aromatic N) is 5. The van der Waals surface area contributed by atoms with E-state index in [1.54, 1.807) is 23.6 Å². The van der Waals surface area contributed by atoms with Crippen LogP contribution in [-0.4, -0.2) is 59.8 Å². The van der Waals surface area contributed by atoms with Gasteiger partial charge in [0.25, 0.3) is 0 Å². The number of rotatable bonds is 7. The Hall–Kier alpha value is -2.62. The highest BCUT2D eigenvalue weighted by Gasteiger charge is 2.26. The molecule has 1 aliphatic heterocycles. The summed E-state index contributed by atoms with van der Waals surface area (Å²) in [6.45, 7) is 0.789. The number of thioether (sulfide) groups is 1. The van der Waals surface area contributed by atoms with Crippen LogP contribution in [0, 0.1) is 0 Å². The first-order valence-corrected chi connectivity index (χ1v) is 10.3. The van der Waals surface area contributed by atoms with Crippen molar-refractivity contribution in [2.24, 2.45) is 0 Å². The molecule has 1 aromatic heterocycles. The summed E-state index contributed by atoms with van der Waals surface area (Å²) in [5.41, 5.74) is 3.19. The molecule has 2 aromatic carbocycles. The van der Waals surface area contributed by atoms with Crippen LogP contribution in [0.25, 0.3) is 5.69 Å². The maximum absolute atomic E-state index is 6.18. The van der Waals surface area contributed by atoms with Crippen LogP contribution < -0.4 is 15.0 Å². The van der Waals surface area contributed by atoms with Crippen LogP contribution in [0.5, 0.6) is 5.75 Å². The van der Waals surface area contributed by atoms with Gasteiger partial charge in [0.1, 0.15) is 12.0 Å². The van der Waals surface area contributed by atoms with Crippen molar-refractivity contribution in [3.05, 3.63) is 54.1 Å². The summed E-state index contributed by atoms with van der Waals surface area (Å²) >= 11 is 1.58. The highest BCUT2D eigenvalue weighted by Crippen LogP contribution is 2.27. The molecule has 0 unspecified atom stereocenters. The Kier molecular flexibility index (Phi) is 5.98. The normalized spacial score (nSPS) is 18.7. The number of benzene rings is 2. The van der Waals surface area contributed by atoms with Gasteiger partial charge in [0.05, 0.1) is 18.9 Å². The summed E-state index contributed by atoms with van der Waals surface area (Å²) in [4.78, 5) is 2.08. The molecule has 8 nitrogen and oxygen atoms in total. The van der Waals surface area contributed by atoms with Crippen LogP contribution in [0.4, 0.5) is 5.69 Å². The number of hydrogen-bond acceptors (Lipinski definition) is 8. The highest BCUT2D eigenvalue weighted by molar-refractivity contribution is 7.99. The number of aromatic nitrogens is 4. The van der Waals surface area contributed by atoms with E-state index in [4.69, 9.17) is 9.47 Å². The van der Waals surface area contributed by atoms with Crippen LogP contribution in [0.3, 0.4) is 0 Å². The van der Waals surface area contributed by atoms with Gasteiger partial charge in [-0.05, 0) is 52.4 Å². The summed E-state index contributed by atoms with van der Waals surface area (Å²) in [6.07, 6.45) is -0.00561. The summed E-state index contributed by atoms with van der Waals surface area (Å²) in [7, 11) is 5.71. The molecule has 3 aromatic rings. The second-order valence-corrected chi connectivity index (χ2v) is 7.90. The van der Waals surface area contributed by atoms with Crippen molar-refractivity contribution >= 4 is 17.4 Å². The smallest absolute Gasteiger partial charge is 0.214 e. The molecule has 1 saturated heterocycles. The van der Waals surface area contributed by atoms with Gasteiger partial charge >= 0.3 is 0 Å². The standard InChI is InChI=1S/C20H24N6O2S/c1-25(2)15-6-4-14(5-7-15)19-21-12-18(28-19)13-29-20-22-23-24-26(20)16-8-10-17(27-3)11-9-16/h4-11,18-19,21H,12-13H2,1-3H3/t18-,19+/m1/s1. The van der Waals surface area contributed by atoms with Crippen molar-refractivity contribution in [1.29, 1.82) is 0 Å². The third-order valence-electron chi connectivity index (χ3n) is 4.73. The topological polar surface area (TPSA) is 77.3 Å². The largest absolute Gasteiger partial charge is 0.497 e. The van der Waals surface area contributed by atoms with Crippen molar-refractivity contribution in [1.82, 2.24) is 25.5 Å². The van der Waals surface area contributed by atoms with Crippen LogP contribution in [0.1, 0.15) is 11.8 Å². The van der Waals surface area contributed by atoms with Crippen molar-refractivity contribution in [2.75, 3.05) is 38.4 Å². The first-order chi connectivity index (χ1) is 14.1. The Morgan fingerprint density at radius 1 is 1.17 bits per heavy atom. The molecule has 0 bridgehead atoms. The predicted octanol–water partition coefficient (Wildman–Crippen LogP) is 2.52. The predicted molar refractivity (Wildman–Crippen MR) is 113 cm³/mol. The monoisotopic (exact) mass is 412 g/mol. The summed E-state index contributed by atoms with van der Waals surface area (Å²) in [5, 5.41) is 16.3. The molecule has 9 heteroatoms. The maximum Gasteiger partial charge on any atom is 0.214 e. The molecule has 0 amide bonds. The summed E-state index contributed by atoms with van der Waals surface area (Å²) in [5.74, 6) is 1.56. The first kappa shape index (κ1) is 19.7. The lowest BCUT2D eigenvalue weighted by Crippen LogP contribution is -2.17. The Morgan fingerprint density at radius 3 is 2.62 bits per heavy atom. The first-order valence-electron chi connectivity index (χ1n) is 9.36. The number of anilines is 1. The van der Waals surface area contributed by atoms with Crippen LogP contribution >= 0.6 is 11.8 Å². The average molecular weight is 413 g/mol. The number of methoxy groups -OCH3 is 1. The van der Waals surface area contributed by atoms with Gasteiger partial charge in [0.15, 0.2) is 0 Å². The Bertz CT molecular complexity index is 929. The second kappa shape index (κ2) is 8.81. The Labute approximate surface area is 174 Å². The van der Waals surface area contributed by atoms with Crippen molar-refractivity contribution in [2.45, 2.75) is 17.5 Å². The van der Waals surface area contributed by atoms with E-state index in [0.29, 0.717) is 0 Å². The number of ether oxygens (including phenoxy) is 2. The third-order valence-corrected chi connectivity index (χ3v) is 5.78.